The molecule has 0 heterocycles. The van der Waals surface area contributed by atoms with Crippen LogP contribution in [0.4, 0.5) is 4.39 Å². The highest BCUT2D eigenvalue weighted by molar-refractivity contribution is 6.30. The summed E-state index contributed by atoms with van der Waals surface area (Å²) in [6, 6.07) is 11.1. The van der Waals surface area contributed by atoms with Crippen molar-refractivity contribution in [1.82, 2.24) is 0 Å². The Morgan fingerprint density at radius 3 is 2.55 bits per heavy atom. The first kappa shape index (κ1) is 14.1. The molecule has 0 unspecified atom stereocenters. The van der Waals surface area contributed by atoms with Gasteiger partial charge in [-0.15, -0.1) is 0 Å². The van der Waals surface area contributed by atoms with Gasteiger partial charge in [-0.25, -0.2) is 4.39 Å². The highest BCUT2D eigenvalue weighted by Crippen LogP contribution is 2.18. The molecule has 0 radical (unpaired) electrons. The lowest BCUT2D eigenvalue weighted by Crippen LogP contribution is -2.12. The van der Waals surface area contributed by atoms with E-state index in [0.717, 1.165) is 5.56 Å². The van der Waals surface area contributed by atoms with Crippen LogP contribution in [0.25, 0.3) is 0 Å². The van der Waals surface area contributed by atoms with Gasteiger partial charge in [-0.2, -0.15) is 0 Å². The fourth-order valence-electron chi connectivity index (χ4n) is 1.58. The molecule has 0 aromatic heterocycles. The fourth-order valence-corrected chi connectivity index (χ4v) is 1.78. The van der Waals surface area contributed by atoms with E-state index in [-0.39, 0.29) is 17.5 Å². The summed E-state index contributed by atoms with van der Waals surface area (Å²) in [4.78, 5) is 0. The molecule has 0 atom stereocenters. The standard InChI is InChI=1S/C14H12ClFN2O2/c15-12-7-9(1-6-13(12)16)8-20-11-4-2-10(3-5-11)14(17)18-19/h1-7,19H,8H2,(H2,17,18). The van der Waals surface area contributed by atoms with Crippen LogP contribution < -0.4 is 10.5 Å². The topological polar surface area (TPSA) is 67.8 Å². The second-order valence-electron chi connectivity index (χ2n) is 4.05. The lowest BCUT2D eigenvalue weighted by molar-refractivity contribution is 0.306. The van der Waals surface area contributed by atoms with Gasteiger partial charge in [0.05, 0.1) is 5.02 Å². The van der Waals surface area contributed by atoms with Crippen molar-refractivity contribution in [1.29, 1.82) is 0 Å². The van der Waals surface area contributed by atoms with Gasteiger partial charge in [-0.05, 0) is 42.0 Å². The molecule has 0 saturated carbocycles. The van der Waals surface area contributed by atoms with Gasteiger partial charge < -0.3 is 15.7 Å². The number of ether oxygens (including phenoxy) is 1. The van der Waals surface area contributed by atoms with E-state index >= 15 is 0 Å². The molecule has 2 rings (SSSR count). The molecule has 0 bridgehead atoms. The third-order valence-corrected chi connectivity index (χ3v) is 2.94. The van der Waals surface area contributed by atoms with E-state index in [4.69, 9.17) is 27.3 Å². The number of oxime groups is 1. The summed E-state index contributed by atoms with van der Waals surface area (Å²) in [5.74, 6) is 0.181. The van der Waals surface area contributed by atoms with Gasteiger partial charge in [0.1, 0.15) is 18.2 Å². The van der Waals surface area contributed by atoms with Crippen LogP contribution in [-0.2, 0) is 6.61 Å². The van der Waals surface area contributed by atoms with Gasteiger partial charge in [-0.3, -0.25) is 0 Å². The number of nitrogens with zero attached hydrogens (tertiary/aromatic N) is 1. The molecule has 20 heavy (non-hydrogen) atoms. The number of nitrogens with two attached hydrogens (primary N) is 1. The van der Waals surface area contributed by atoms with Crippen molar-refractivity contribution in [2.75, 3.05) is 0 Å². The molecule has 2 aromatic carbocycles. The zero-order chi connectivity index (χ0) is 14.5. The predicted molar refractivity (Wildman–Crippen MR) is 74.7 cm³/mol. The molecule has 6 heteroatoms. The normalized spacial score (nSPS) is 11.4. The number of hydrogen-bond donors (Lipinski definition) is 2. The maximum absolute atomic E-state index is 13.0. The quantitative estimate of drug-likeness (QED) is 0.394. The summed E-state index contributed by atoms with van der Waals surface area (Å²) in [6.45, 7) is 0.267. The van der Waals surface area contributed by atoms with Crippen molar-refractivity contribution in [2.45, 2.75) is 6.61 Å². The Kier molecular flexibility index (Phi) is 4.42. The first-order valence-electron chi connectivity index (χ1n) is 5.75. The third-order valence-electron chi connectivity index (χ3n) is 2.65. The summed E-state index contributed by atoms with van der Waals surface area (Å²) in [7, 11) is 0. The van der Waals surface area contributed by atoms with Crippen LogP contribution in [0.5, 0.6) is 5.75 Å². The third kappa shape index (κ3) is 3.39. The Morgan fingerprint density at radius 1 is 1.25 bits per heavy atom. The maximum Gasteiger partial charge on any atom is 0.170 e. The molecule has 2 aromatic rings. The van der Waals surface area contributed by atoms with Gasteiger partial charge in [0.2, 0.25) is 0 Å². The summed E-state index contributed by atoms with van der Waals surface area (Å²) in [5, 5.41) is 11.5. The first-order chi connectivity index (χ1) is 9.60. The molecule has 0 fully saturated rings. The van der Waals surface area contributed by atoms with E-state index in [1.165, 1.54) is 12.1 Å². The molecule has 3 N–H and O–H groups in total. The Bertz CT molecular complexity index is 630. The van der Waals surface area contributed by atoms with E-state index < -0.39 is 5.82 Å². The van der Waals surface area contributed by atoms with Gasteiger partial charge >= 0.3 is 0 Å². The fraction of sp³-hybridized carbons (Fsp3) is 0.0714. The van der Waals surface area contributed by atoms with Gasteiger partial charge in [-0.1, -0.05) is 22.8 Å². The average Bonchev–Trinajstić information content (AvgIpc) is 2.48. The van der Waals surface area contributed by atoms with Crippen molar-refractivity contribution >= 4 is 17.4 Å². The summed E-state index contributed by atoms with van der Waals surface area (Å²) < 4.78 is 18.5. The van der Waals surface area contributed by atoms with Crippen molar-refractivity contribution in [3.05, 3.63) is 64.4 Å². The number of benzene rings is 2. The van der Waals surface area contributed by atoms with Crippen LogP contribution in [-0.4, -0.2) is 11.0 Å². The van der Waals surface area contributed by atoms with Crippen LogP contribution in [0, 0.1) is 5.82 Å². The number of rotatable bonds is 4. The molecule has 0 amide bonds. The van der Waals surface area contributed by atoms with Gasteiger partial charge in [0.15, 0.2) is 5.84 Å². The van der Waals surface area contributed by atoms with Crippen LogP contribution in [0.3, 0.4) is 0 Å². The minimum Gasteiger partial charge on any atom is -0.489 e. The van der Waals surface area contributed by atoms with Crippen molar-refractivity contribution in [2.24, 2.45) is 10.9 Å². The predicted octanol–water partition coefficient (Wildman–Crippen LogP) is 3.15. The van der Waals surface area contributed by atoms with E-state index in [9.17, 15) is 4.39 Å². The zero-order valence-electron chi connectivity index (χ0n) is 10.4. The van der Waals surface area contributed by atoms with E-state index in [1.54, 1.807) is 30.3 Å². The van der Waals surface area contributed by atoms with Crippen molar-refractivity contribution in [3.63, 3.8) is 0 Å². The molecular weight excluding hydrogens is 283 g/mol. The lowest BCUT2D eigenvalue weighted by atomic mass is 10.2. The van der Waals surface area contributed by atoms with Gasteiger partial charge in [0.25, 0.3) is 0 Å². The number of halogens is 2. The monoisotopic (exact) mass is 294 g/mol. The van der Waals surface area contributed by atoms with Gasteiger partial charge in [0, 0.05) is 5.56 Å². The second-order valence-corrected chi connectivity index (χ2v) is 4.45. The highest BCUT2D eigenvalue weighted by atomic mass is 35.5. The van der Waals surface area contributed by atoms with Crippen LogP contribution >= 0.6 is 11.6 Å². The highest BCUT2D eigenvalue weighted by Gasteiger charge is 2.03. The smallest absolute Gasteiger partial charge is 0.170 e. The summed E-state index contributed by atoms with van der Waals surface area (Å²) >= 11 is 5.69. The van der Waals surface area contributed by atoms with E-state index in [0.29, 0.717) is 11.3 Å². The molecule has 0 aliphatic heterocycles. The van der Waals surface area contributed by atoms with Crippen LogP contribution in [0.15, 0.2) is 47.6 Å². The molecule has 104 valence electrons. The molecule has 0 aliphatic carbocycles. The lowest BCUT2D eigenvalue weighted by Gasteiger charge is -2.07. The Morgan fingerprint density at radius 2 is 1.95 bits per heavy atom. The SMILES string of the molecule is N/C(=N/O)c1ccc(OCc2ccc(F)c(Cl)c2)cc1. The Hall–Kier alpha value is -2.27. The number of amidine groups is 1. The van der Waals surface area contributed by atoms with Crippen molar-refractivity contribution in [3.8, 4) is 5.75 Å². The molecule has 0 saturated heterocycles. The average molecular weight is 295 g/mol. The minimum atomic E-state index is -0.460. The second kappa shape index (κ2) is 6.25. The van der Waals surface area contributed by atoms with Crippen LogP contribution in [0.1, 0.15) is 11.1 Å². The minimum absolute atomic E-state index is 0.0295. The molecule has 0 spiro atoms. The summed E-state index contributed by atoms with van der Waals surface area (Å²) in [5.41, 5.74) is 6.80. The maximum atomic E-state index is 13.0. The molecule has 0 aliphatic rings. The van der Waals surface area contributed by atoms with Crippen molar-refractivity contribution < 1.29 is 14.3 Å². The Labute approximate surface area is 120 Å². The van der Waals surface area contributed by atoms with E-state index in [2.05, 4.69) is 5.16 Å². The molecule has 4 nitrogen and oxygen atoms in total. The number of hydrogen-bond acceptors (Lipinski definition) is 3. The zero-order valence-corrected chi connectivity index (χ0v) is 11.1. The largest absolute Gasteiger partial charge is 0.489 e. The van der Waals surface area contributed by atoms with Crippen LogP contribution in [0.2, 0.25) is 5.02 Å². The first-order valence-corrected chi connectivity index (χ1v) is 6.12. The Balaban J connectivity index is 2.02. The molecular formula is C14H12ClFN2O2. The van der Waals surface area contributed by atoms with E-state index in [1.807, 2.05) is 0 Å². The summed E-state index contributed by atoms with van der Waals surface area (Å²) in [6.07, 6.45) is 0.